The van der Waals surface area contributed by atoms with Crippen LogP contribution in [0, 0.1) is 0 Å². The second-order valence-electron chi connectivity index (χ2n) is 12.3. The van der Waals surface area contributed by atoms with Crippen molar-refractivity contribution in [3.63, 3.8) is 0 Å². The molecule has 0 saturated carbocycles. The predicted octanol–water partition coefficient (Wildman–Crippen LogP) is 2.60. The molecule has 0 fully saturated rings. The van der Waals surface area contributed by atoms with Gasteiger partial charge in [-0.2, -0.15) is 0 Å². The minimum absolute atomic E-state index is 0.0228. The fraction of sp³-hybridized carbons (Fsp3) is 1.00. The molecule has 0 radical (unpaired) electrons. The van der Waals surface area contributed by atoms with E-state index in [0.29, 0.717) is 205 Å². The summed E-state index contributed by atoms with van der Waals surface area (Å²) in [6.07, 6.45) is 7.66. The van der Waals surface area contributed by atoms with Crippen LogP contribution in [0.2, 0.25) is 0 Å². The van der Waals surface area contributed by atoms with Gasteiger partial charge in [-0.25, -0.2) is 0 Å². The van der Waals surface area contributed by atoms with E-state index in [1.807, 2.05) is 0 Å². The van der Waals surface area contributed by atoms with Crippen molar-refractivity contribution in [2.24, 2.45) is 0 Å². The average Bonchev–Trinajstić information content (AvgIpc) is 3.22. The Morgan fingerprint density at radius 3 is 0.544 bits per heavy atom. The molecule has 344 valence electrons. The van der Waals surface area contributed by atoms with Gasteiger partial charge >= 0.3 is 0 Å². The molecule has 0 unspecified atom stereocenters. The molecule has 0 amide bonds. The van der Waals surface area contributed by atoms with Crippen LogP contribution in [-0.4, -0.2) is 223 Å². The van der Waals surface area contributed by atoms with Crippen molar-refractivity contribution >= 4 is 0 Å². The Balaban J connectivity index is 3.05. The number of rotatable bonds is 54. The molecule has 0 saturated heterocycles. The molecule has 17 heteroatoms. The Morgan fingerprint density at radius 2 is 0.351 bits per heavy atom. The topological polar surface area (TPSA) is 168 Å². The normalized spacial score (nSPS) is 11.7. The molecule has 0 aromatic heterocycles. The largest absolute Gasteiger partial charge is 0.394 e. The van der Waals surface area contributed by atoms with Gasteiger partial charge in [0.1, 0.15) is 0 Å². The van der Waals surface area contributed by atoms with Gasteiger partial charge < -0.3 is 80.9 Å². The van der Waals surface area contributed by atoms with Crippen LogP contribution in [0.5, 0.6) is 0 Å². The van der Waals surface area contributed by atoms with Crippen LogP contribution in [0.1, 0.15) is 45.4 Å². The van der Waals surface area contributed by atoms with Crippen LogP contribution in [0.25, 0.3) is 0 Å². The van der Waals surface area contributed by atoms with Gasteiger partial charge in [-0.05, 0) is 6.42 Å². The monoisotopic (exact) mass is 835 g/mol. The van der Waals surface area contributed by atoms with Gasteiger partial charge in [0, 0.05) is 6.61 Å². The Hall–Kier alpha value is -0.680. The van der Waals surface area contributed by atoms with E-state index in [9.17, 15) is 0 Å². The first-order valence-corrected chi connectivity index (χ1v) is 21.3. The number of aliphatic hydroxyl groups is 1. The smallest absolute Gasteiger partial charge is 0.0701 e. The summed E-state index contributed by atoms with van der Waals surface area (Å²) in [7, 11) is 0. The van der Waals surface area contributed by atoms with Crippen LogP contribution < -0.4 is 0 Å². The lowest BCUT2D eigenvalue weighted by Gasteiger charge is -2.09. The maximum absolute atomic E-state index is 8.59. The Kier molecular flexibility index (Phi) is 54.7. The maximum Gasteiger partial charge on any atom is 0.0701 e. The first kappa shape index (κ1) is 56.3. The fourth-order valence-electron chi connectivity index (χ4n) is 4.45. The zero-order valence-electron chi connectivity index (χ0n) is 35.6. The lowest BCUT2D eigenvalue weighted by molar-refractivity contribution is -0.0305. The van der Waals surface area contributed by atoms with Gasteiger partial charge in [-0.15, -0.1) is 0 Å². The third-order valence-corrected chi connectivity index (χ3v) is 7.46. The van der Waals surface area contributed by atoms with Crippen molar-refractivity contribution < 1.29 is 80.9 Å². The van der Waals surface area contributed by atoms with Gasteiger partial charge in [0.15, 0.2) is 0 Å². The average molecular weight is 835 g/mol. The molecule has 0 spiro atoms. The van der Waals surface area contributed by atoms with E-state index in [0.717, 1.165) is 13.0 Å². The zero-order chi connectivity index (χ0) is 40.9. The van der Waals surface area contributed by atoms with Crippen molar-refractivity contribution in [3.05, 3.63) is 0 Å². The van der Waals surface area contributed by atoms with Gasteiger partial charge in [0.2, 0.25) is 0 Å². The maximum atomic E-state index is 8.59. The van der Waals surface area contributed by atoms with E-state index in [2.05, 4.69) is 6.92 Å². The molecular weight excluding hydrogens is 752 g/mol. The first-order valence-electron chi connectivity index (χ1n) is 21.3. The van der Waals surface area contributed by atoms with E-state index < -0.39 is 0 Å². The number of unbranched alkanes of at least 4 members (excludes halogenated alkanes) is 5. The van der Waals surface area contributed by atoms with Crippen molar-refractivity contribution in [2.45, 2.75) is 45.4 Å². The van der Waals surface area contributed by atoms with Gasteiger partial charge in [0.25, 0.3) is 0 Å². The fourth-order valence-corrected chi connectivity index (χ4v) is 4.45. The highest BCUT2D eigenvalue weighted by molar-refractivity contribution is 4.44. The van der Waals surface area contributed by atoms with Gasteiger partial charge in [-0.3, -0.25) is 0 Å². The lowest BCUT2D eigenvalue weighted by atomic mass is 10.1. The van der Waals surface area contributed by atoms with E-state index in [1.54, 1.807) is 0 Å². The van der Waals surface area contributed by atoms with E-state index in [-0.39, 0.29) is 6.61 Å². The second-order valence-corrected chi connectivity index (χ2v) is 12.3. The highest BCUT2D eigenvalue weighted by atomic mass is 16.6. The number of aliphatic hydroxyl groups excluding tert-OH is 1. The van der Waals surface area contributed by atoms with Crippen LogP contribution in [0.4, 0.5) is 0 Å². The number of hydrogen-bond acceptors (Lipinski definition) is 17. The summed E-state index contributed by atoms with van der Waals surface area (Å²) in [5.41, 5.74) is 0. The Morgan fingerprint density at radius 1 is 0.193 bits per heavy atom. The summed E-state index contributed by atoms with van der Waals surface area (Å²) in [4.78, 5) is 0. The highest BCUT2D eigenvalue weighted by Crippen LogP contribution is 2.04. The quantitative estimate of drug-likeness (QED) is 0.0888. The summed E-state index contributed by atoms with van der Waals surface area (Å²) < 4.78 is 87.4. The summed E-state index contributed by atoms with van der Waals surface area (Å²) in [5.74, 6) is 0. The molecule has 0 heterocycles. The van der Waals surface area contributed by atoms with Gasteiger partial charge in [-0.1, -0.05) is 39.0 Å². The molecular formula is C40H82O17. The van der Waals surface area contributed by atoms with Crippen molar-refractivity contribution in [1.82, 2.24) is 0 Å². The van der Waals surface area contributed by atoms with Crippen LogP contribution in [0.3, 0.4) is 0 Å². The molecule has 0 aliphatic rings. The van der Waals surface area contributed by atoms with Crippen molar-refractivity contribution in [2.75, 3.05) is 218 Å². The second kappa shape index (κ2) is 55.3. The zero-order valence-corrected chi connectivity index (χ0v) is 35.6. The summed E-state index contributed by atoms with van der Waals surface area (Å²) in [6, 6.07) is 0. The highest BCUT2D eigenvalue weighted by Gasteiger charge is 1.98. The van der Waals surface area contributed by atoms with E-state index in [4.69, 9.17) is 80.9 Å². The molecule has 17 nitrogen and oxygen atoms in total. The van der Waals surface area contributed by atoms with Crippen molar-refractivity contribution in [3.8, 4) is 0 Å². The molecule has 0 rings (SSSR count). The van der Waals surface area contributed by atoms with E-state index >= 15 is 0 Å². The molecule has 0 bridgehead atoms. The first-order chi connectivity index (χ1) is 28.4. The summed E-state index contributed by atoms with van der Waals surface area (Å²) in [6.45, 7) is 18.9. The van der Waals surface area contributed by atoms with Crippen molar-refractivity contribution in [1.29, 1.82) is 0 Å². The lowest BCUT2D eigenvalue weighted by Crippen LogP contribution is -2.16. The minimum Gasteiger partial charge on any atom is -0.394 e. The molecule has 0 aromatic rings. The molecule has 0 atom stereocenters. The molecule has 0 aromatic carbocycles. The standard InChI is InChI=1S/C40H82O17/c1-2-3-4-5-6-7-9-42-11-13-44-15-17-46-19-21-48-23-25-50-27-29-52-31-33-54-35-37-56-39-40-57-38-36-55-34-32-53-30-28-51-26-24-49-22-20-47-18-16-45-14-12-43-10-8-41/h41H,2-40H2,1H3. The third kappa shape index (κ3) is 55.3. The van der Waals surface area contributed by atoms with Crippen LogP contribution >= 0.6 is 0 Å². The summed E-state index contributed by atoms with van der Waals surface area (Å²) >= 11 is 0. The molecule has 0 aliphatic carbocycles. The van der Waals surface area contributed by atoms with E-state index in [1.165, 1.54) is 32.1 Å². The van der Waals surface area contributed by atoms with Gasteiger partial charge in [0.05, 0.1) is 211 Å². The predicted molar refractivity (Wildman–Crippen MR) is 214 cm³/mol. The molecule has 57 heavy (non-hydrogen) atoms. The number of ether oxygens (including phenoxy) is 16. The minimum atomic E-state index is 0.0228. The molecule has 0 aliphatic heterocycles. The number of hydrogen-bond donors (Lipinski definition) is 1. The molecule has 1 N–H and O–H groups in total. The van der Waals surface area contributed by atoms with Crippen LogP contribution in [0.15, 0.2) is 0 Å². The Labute approximate surface area is 344 Å². The summed E-state index contributed by atoms with van der Waals surface area (Å²) in [5, 5.41) is 8.59. The van der Waals surface area contributed by atoms with Crippen LogP contribution in [-0.2, 0) is 75.8 Å². The third-order valence-electron chi connectivity index (χ3n) is 7.46. The SMILES string of the molecule is CCCCCCCCOCCOCCOCCOCCOCCOCCOCCOCCOCCOCCOCCOCCOCCOCCOCCOCCO. The Bertz CT molecular complexity index is 632.